The SMILES string of the molecule is CCCCCOc1ccc([PH](=O)OC)c2ccccc12. The normalized spacial score (nSPS) is 12.5. The van der Waals surface area contributed by atoms with E-state index in [4.69, 9.17) is 9.26 Å². The van der Waals surface area contributed by atoms with Crippen LogP contribution in [0.25, 0.3) is 10.8 Å². The van der Waals surface area contributed by atoms with E-state index in [-0.39, 0.29) is 0 Å². The zero-order valence-electron chi connectivity index (χ0n) is 12.0. The van der Waals surface area contributed by atoms with Gasteiger partial charge < -0.3 is 9.26 Å². The molecule has 0 radical (unpaired) electrons. The average molecular weight is 292 g/mol. The van der Waals surface area contributed by atoms with E-state index in [1.165, 1.54) is 20.0 Å². The molecule has 0 aromatic heterocycles. The van der Waals surface area contributed by atoms with E-state index < -0.39 is 8.03 Å². The maximum atomic E-state index is 12.0. The number of hydrogen-bond donors (Lipinski definition) is 0. The monoisotopic (exact) mass is 292 g/mol. The molecule has 108 valence electrons. The lowest BCUT2D eigenvalue weighted by Crippen LogP contribution is -2.03. The van der Waals surface area contributed by atoms with Gasteiger partial charge in [0.15, 0.2) is 0 Å². The van der Waals surface area contributed by atoms with Gasteiger partial charge in [-0.3, -0.25) is 4.57 Å². The molecule has 0 amide bonds. The van der Waals surface area contributed by atoms with E-state index in [0.717, 1.165) is 34.9 Å². The van der Waals surface area contributed by atoms with Crippen LogP contribution in [0.5, 0.6) is 5.75 Å². The van der Waals surface area contributed by atoms with E-state index in [2.05, 4.69) is 6.92 Å². The molecule has 0 saturated carbocycles. The average Bonchev–Trinajstić information content (AvgIpc) is 2.50. The topological polar surface area (TPSA) is 35.5 Å². The van der Waals surface area contributed by atoms with E-state index in [1.54, 1.807) is 0 Å². The van der Waals surface area contributed by atoms with Crippen LogP contribution in [0.15, 0.2) is 36.4 Å². The second-order valence-corrected chi connectivity index (χ2v) is 6.23. The first-order valence-corrected chi connectivity index (χ1v) is 8.32. The molecule has 0 spiro atoms. The largest absolute Gasteiger partial charge is 0.493 e. The smallest absolute Gasteiger partial charge is 0.221 e. The molecule has 0 aliphatic rings. The zero-order chi connectivity index (χ0) is 14.4. The Morgan fingerprint density at radius 2 is 1.80 bits per heavy atom. The van der Waals surface area contributed by atoms with Crippen LogP contribution in [-0.4, -0.2) is 13.7 Å². The number of fused-ring (bicyclic) bond motifs is 1. The van der Waals surface area contributed by atoms with Crippen molar-refractivity contribution in [2.45, 2.75) is 26.2 Å². The van der Waals surface area contributed by atoms with Gasteiger partial charge in [0.2, 0.25) is 8.03 Å². The Morgan fingerprint density at radius 1 is 1.05 bits per heavy atom. The molecule has 20 heavy (non-hydrogen) atoms. The summed E-state index contributed by atoms with van der Waals surface area (Å²) >= 11 is 0. The molecule has 2 aromatic rings. The molecule has 0 bridgehead atoms. The van der Waals surface area contributed by atoms with Crippen LogP contribution in [0, 0.1) is 0 Å². The van der Waals surface area contributed by atoms with Crippen LogP contribution < -0.4 is 10.0 Å². The Balaban J connectivity index is 2.31. The molecule has 0 aliphatic carbocycles. The second-order valence-electron chi connectivity index (χ2n) is 4.70. The molecule has 0 heterocycles. The summed E-state index contributed by atoms with van der Waals surface area (Å²) < 4.78 is 22.8. The zero-order valence-corrected chi connectivity index (χ0v) is 13.0. The molecular weight excluding hydrogens is 271 g/mol. The lowest BCUT2D eigenvalue weighted by Gasteiger charge is -2.12. The minimum absolute atomic E-state index is 0.719. The highest BCUT2D eigenvalue weighted by atomic mass is 31.1. The molecule has 0 saturated heterocycles. The van der Waals surface area contributed by atoms with Gasteiger partial charge in [-0.15, -0.1) is 0 Å². The van der Waals surface area contributed by atoms with Crippen molar-refractivity contribution in [3.05, 3.63) is 36.4 Å². The maximum Gasteiger partial charge on any atom is 0.221 e. The fourth-order valence-electron chi connectivity index (χ4n) is 2.22. The molecule has 4 heteroatoms. The summed E-state index contributed by atoms with van der Waals surface area (Å²) in [6, 6.07) is 11.6. The van der Waals surface area contributed by atoms with Crippen LogP contribution in [-0.2, 0) is 9.09 Å². The Morgan fingerprint density at radius 3 is 2.50 bits per heavy atom. The number of unbranched alkanes of at least 4 members (excludes halogenated alkanes) is 2. The van der Waals surface area contributed by atoms with Crippen LogP contribution in [0.3, 0.4) is 0 Å². The lowest BCUT2D eigenvalue weighted by atomic mass is 10.1. The van der Waals surface area contributed by atoms with Gasteiger partial charge in [0.25, 0.3) is 0 Å². The molecule has 2 rings (SSSR count). The van der Waals surface area contributed by atoms with Gasteiger partial charge in [-0.25, -0.2) is 0 Å². The third kappa shape index (κ3) is 3.41. The molecular formula is C16H21O3P. The third-order valence-corrected chi connectivity index (χ3v) is 4.54. The summed E-state index contributed by atoms with van der Waals surface area (Å²) in [5.41, 5.74) is 0. The van der Waals surface area contributed by atoms with Gasteiger partial charge in [0, 0.05) is 17.8 Å². The summed E-state index contributed by atoms with van der Waals surface area (Å²) in [6.07, 6.45) is 3.41. The quantitative estimate of drug-likeness (QED) is 0.568. The first kappa shape index (κ1) is 15.1. The molecule has 0 N–H and O–H groups in total. The lowest BCUT2D eigenvalue weighted by molar-refractivity contribution is 0.310. The fourth-order valence-corrected chi connectivity index (χ4v) is 3.10. The highest BCUT2D eigenvalue weighted by Gasteiger charge is 2.10. The minimum Gasteiger partial charge on any atom is -0.493 e. The predicted octanol–water partition coefficient (Wildman–Crippen LogP) is 4.16. The van der Waals surface area contributed by atoms with Gasteiger partial charge in [0.05, 0.1) is 6.61 Å². The van der Waals surface area contributed by atoms with E-state index >= 15 is 0 Å². The Bertz CT molecular complexity index is 595. The van der Waals surface area contributed by atoms with E-state index in [0.29, 0.717) is 0 Å². The van der Waals surface area contributed by atoms with Gasteiger partial charge in [-0.05, 0) is 23.9 Å². The summed E-state index contributed by atoms with van der Waals surface area (Å²) in [7, 11) is -0.705. The molecule has 1 atom stereocenters. The summed E-state index contributed by atoms with van der Waals surface area (Å²) in [5.74, 6) is 0.853. The summed E-state index contributed by atoms with van der Waals surface area (Å²) in [6.45, 7) is 2.89. The highest BCUT2D eigenvalue weighted by Crippen LogP contribution is 2.31. The minimum atomic E-state index is -2.18. The van der Waals surface area contributed by atoms with Crippen molar-refractivity contribution in [1.82, 2.24) is 0 Å². The van der Waals surface area contributed by atoms with Crippen molar-refractivity contribution in [3.63, 3.8) is 0 Å². The molecule has 0 fully saturated rings. The standard InChI is InChI=1S/C16H21O3P/c1-3-4-7-12-19-15-10-11-16(20(17)18-2)14-9-6-5-8-13(14)15/h5-6,8-11,20H,3-4,7,12H2,1-2H3. The van der Waals surface area contributed by atoms with Crippen LogP contribution in [0.4, 0.5) is 0 Å². The first-order valence-electron chi connectivity index (χ1n) is 7.00. The van der Waals surface area contributed by atoms with E-state index in [1.807, 2.05) is 36.4 Å². The number of ether oxygens (including phenoxy) is 1. The van der Waals surface area contributed by atoms with Crippen LogP contribution in [0.2, 0.25) is 0 Å². The van der Waals surface area contributed by atoms with Crippen molar-refractivity contribution in [3.8, 4) is 5.75 Å². The Labute approximate surface area is 120 Å². The van der Waals surface area contributed by atoms with Crippen molar-refractivity contribution in [2.24, 2.45) is 0 Å². The highest BCUT2D eigenvalue weighted by molar-refractivity contribution is 7.49. The van der Waals surface area contributed by atoms with Crippen LogP contribution >= 0.6 is 8.03 Å². The fraction of sp³-hybridized carbons (Fsp3) is 0.375. The first-order chi connectivity index (χ1) is 9.77. The van der Waals surface area contributed by atoms with Gasteiger partial charge in [0.1, 0.15) is 5.75 Å². The van der Waals surface area contributed by atoms with Gasteiger partial charge in [-0.2, -0.15) is 0 Å². The Kier molecular flexibility index (Phi) is 5.63. The molecule has 1 unspecified atom stereocenters. The van der Waals surface area contributed by atoms with E-state index in [9.17, 15) is 4.57 Å². The number of hydrogen-bond acceptors (Lipinski definition) is 3. The third-order valence-electron chi connectivity index (χ3n) is 3.29. The predicted molar refractivity (Wildman–Crippen MR) is 84.6 cm³/mol. The molecule has 3 nitrogen and oxygen atoms in total. The van der Waals surface area contributed by atoms with Crippen molar-refractivity contribution >= 4 is 24.1 Å². The number of rotatable bonds is 7. The second kappa shape index (κ2) is 7.47. The van der Waals surface area contributed by atoms with Gasteiger partial charge >= 0.3 is 0 Å². The summed E-state index contributed by atoms with van der Waals surface area (Å²) in [4.78, 5) is 0. The molecule has 2 aromatic carbocycles. The van der Waals surface area contributed by atoms with Crippen LogP contribution in [0.1, 0.15) is 26.2 Å². The number of benzene rings is 2. The van der Waals surface area contributed by atoms with Gasteiger partial charge in [-0.1, -0.05) is 44.0 Å². The maximum absolute atomic E-state index is 12.0. The van der Waals surface area contributed by atoms with Crippen molar-refractivity contribution in [2.75, 3.05) is 13.7 Å². The summed E-state index contributed by atoms with van der Waals surface area (Å²) in [5, 5.41) is 2.71. The molecule has 0 aliphatic heterocycles. The van der Waals surface area contributed by atoms with Crippen molar-refractivity contribution in [1.29, 1.82) is 0 Å². The van der Waals surface area contributed by atoms with Crippen molar-refractivity contribution < 1.29 is 13.8 Å². The Hall–Kier alpha value is -1.31.